The second-order valence-electron chi connectivity index (χ2n) is 4.89. The van der Waals surface area contributed by atoms with Crippen molar-refractivity contribution in [1.82, 2.24) is 0 Å². The summed E-state index contributed by atoms with van der Waals surface area (Å²) in [5, 5.41) is 0.722. The molecule has 0 fully saturated rings. The number of alkyl halides is 3. The van der Waals surface area contributed by atoms with E-state index in [1.807, 2.05) is 31.2 Å². The van der Waals surface area contributed by atoms with E-state index < -0.39 is 3.79 Å². The van der Waals surface area contributed by atoms with Gasteiger partial charge in [0.25, 0.3) is 0 Å². The van der Waals surface area contributed by atoms with Crippen molar-refractivity contribution < 1.29 is 0 Å². The molecule has 0 nitrogen and oxygen atoms in total. The molecule has 106 valence electrons. The van der Waals surface area contributed by atoms with Crippen LogP contribution in [0.2, 0.25) is 5.02 Å². The topological polar surface area (TPSA) is 0 Å². The molecule has 0 aliphatic rings. The second kappa shape index (κ2) is 6.15. The number of benzene rings is 2. The number of aryl methyl sites for hydroxylation is 2. The van der Waals surface area contributed by atoms with Gasteiger partial charge < -0.3 is 0 Å². The Morgan fingerprint density at radius 2 is 1.50 bits per heavy atom. The molecule has 2 rings (SSSR count). The van der Waals surface area contributed by atoms with Crippen LogP contribution in [0.3, 0.4) is 0 Å². The summed E-state index contributed by atoms with van der Waals surface area (Å²) in [7, 11) is 0. The van der Waals surface area contributed by atoms with E-state index in [4.69, 9.17) is 46.4 Å². The minimum absolute atomic E-state index is 0.393. The molecule has 0 N–H and O–H groups in total. The van der Waals surface area contributed by atoms with Crippen LogP contribution in [0.1, 0.15) is 16.7 Å². The van der Waals surface area contributed by atoms with Gasteiger partial charge in [-0.15, -0.1) is 0 Å². The van der Waals surface area contributed by atoms with Gasteiger partial charge in [-0.1, -0.05) is 70.7 Å². The van der Waals surface area contributed by atoms with E-state index in [0.717, 1.165) is 27.3 Å². The molecular weight excluding hydrogens is 334 g/mol. The summed E-state index contributed by atoms with van der Waals surface area (Å²) >= 11 is 23.7. The minimum atomic E-state index is -1.28. The third-order valence-electron chi connectivity index (χ3n) is 3.23. The van der Waals surface area contributed by atoms with Gasteiger partial charge in [-0.05, 0) is 53.8 Å². The van der Waals surface area contributed by atoms with Crippen LogP contribution < -0.4 is 0 Å². The van der Waals surface area contributed by atoms with Crippen LogP contribution in [0.25, 0.3) is 11.1 Å². The van der Waals surface area contributed by atoms with E-state index in [1.54, 1.807) is 0 Å². The highest BCUT2D eigenvalue weighted by Gasteiger charge is 2.22. The van der Waals surface area contributed by atoms with Crippen molar-refractivity contribution in [1.29, 1.82) is 0 Å². The summed E-state index contributed by atoms with van der Waals surface area (Å²) in [4.78, 5) is 0. The molecule has 4 heteroatoms. The number of halogens is 4. The Bertz CT molecular complexity index is 610. The van der Waals surface area contributed by atoms with Crippen LogP contribution in [0.4, 0.5) is 0 Å². The summed E-state index contributed by atoms with van der Waals surface area (Å²) in [6, 6.07) is 12.0. The van der Waals surface area contributed by atoms with Crippen LogP contribution in [0.5, 0.6) is 0 Å². The number of hydrogen-bond donors (Lipinski definition) is 0. The molecule has 0 unspecified atom stereocenters. The van der Waals surface area contributed by atoms with Crippen molar-refractivity contribution in [2.24, 2.45) is 0 Å². The molecule has 2 aromatic carbocycles. The van der Waals surface area contributed by atoms with E-state index in [-0.39, 0.29) is 0 Å². The monoisotopic (exact) mass is 346 g/mol. The van der Waals surface area contributed by atoms with Gasteiger partial charge in [0.15, 0.2) is 3.79 Å². The first-order chi connectivity index (χ1) is 9.26. The summed E-state index contributed by atoms with van der Waals surface area (Å²) in [5.74, 6) is 0. The molecule has 0 aliphatic heterocycles. The fraction of sp³-hybridized carbons (Fsp3) is 0.250. The largest absolute Gasteiger partial charge is 0.194 e. The van der Waals surface area contributed by atoms with Crippen molar-refractivity contribution in [2.75, 3.05) is 0 Å². The second-order valence-corrected chi connectivity index (χ2v) is 7.84. The highest BCUT2D eigenvalue weighted by Crippen LogP contribution is 2.34. The molecule has 20 heavy (non-hydrogen) atoms. The predicted octanol–water partition coefficient (Wildman–Crippen LogP) is 6.54. The Kier molecular flexibility index (Phi) is 4.92. The van der Waals surface area contributed by atoms with Gasteiger partial charge in [0.1, 0.15) is 0 Å². The zero-order valence-corrected chi connectivity index (χ0v) is 14.2. The molecule has 0 radical (unpaired) electrons. The molecule has 0 aliphatic carbocycles. The lowest BCUT2D eigenvalue weighted by Crippen LogP contribution is -2.08. The first-order valence-electron chi connectivity index (χ1n) is 6.19. The Labute approximate surface area is 139 Å². The van der Waals surface area contributed by atoms with E-state index >= 15 is 0 Å². The van der Waals surface area contributed by atoms with Crippen molar-refractivity contribution in [3.63, 3.8) is 0 Å². The van der Waals surface area contributed by atoms with Gasteiger partial charge in [0, 0.05) is 11.4 Å². The number of hydrogen-bond acceptors (Lipinski definition) is 0. The fourth-order valence-corrected chi connectivity index (χ4v) is 2.80. The average molecular weight is 348 g/mol. The van der Waals surface area contributed by atoms with E-state index in [9.17, 15) is 0 Å². The lowest BCUT2D eigenvalue weighted by atomic mass is 9.94. The molecule has 0 saturated carbocycles. The fourth-order valence-electron chi connectivity index (χ4n) is 2.24. The average Bonchev–Trinajstić information content (AvgIpc) is 2.32. The van der Waals surface area contributed by atoms with Crippen LogP contribution in [-0.4, -0.2) is 3.79 Å². The van der Waals surface area contributed by atoms with Crippen molar-refractivity contribution >= 4 is 46.4 Å². The zero-order chi connectivity index (χ0) is 14.9. The van der Waals surface area contributed by atoms with Crippen LogP contribution in [-0.2, 0) is 6.42 Å². The quantitative estimate of drug-likeness (QED) is 0.541. The van der Waals surface area contributed by atoms with E-state index in [0.29, 0.717) is 6.42 Å². The molecule has 0 aromatic heterocycles. The van der Waals surface area contributed by atoms with Gasteiger partial charge in [0.2, 0.25) is 0 Å². The molecule has 0 saturated heterocycles. The van der Waals surface area contributed by atoms with Gasteiger partial charge in [-0.3, -0.25) is 0 Å². The highest BCUT2D eigenvalue weighted by molar-refractivity contribution is 6.67. The smallest absolute Gasteiger partial charge is 0.0843 e. The van der Waals surface area contributed by atoms with Crippen molar-refractivity contribution in [3.05, 3.63) is 58.1 Å². The van der Waals surface area contributed by atoms with Gasteiger partial charge in [0.05, 0.1) is 0 Å². The molecule has 0 amide bonds. The SMILES string of the molecule is Cc1cc(C)c(-c2ccc(Cl)cc2)cc1CC(Cl)(Cl)Cl. The van der Waals surface area contributed by atoms with Gasteiger partial charge in [-0.2, -0.15) is 0 Å². The lowest BCUT2D eigenvalue weighted by Gasteiger charge is -2.16. The number of rotatable bonds is 2. The van der Waals surface area contributed by atoms with Gasteiger partial charge in [-0.25, -0.2) is 0 Å². The predicted molar refractivity (Wildman–Crippen MR) is 90.4 cm³/mol. The standard InChI is InChI=1S/C16H14Cl4/c1-10-7-11(2)15(8-13(10)9-16(18,19)20)12-3-5-14(17)6-4-12/h3-8H,9H2,1-2H3. The Balaban J connectivity index is 2.48. The summed E-state index contributed by atoms with van der Waals surface area (Å²) in [6.07, 6.45) is 0.393. The lowest BCUT2D eigenvalue weighted by molar-refractivity contribution is 1.00. The zero-order valence-electron chi connectivity index (χ0n) is 11.2. The Morgan fingerprint density at radius 1 is 0.900 bits per heavy atom. The van der Waals surface area contributed by atoms with Gasteiger partial charge >= 0.3 is 0 Å². The molecule has 0 heterocycles. The maximum absolute atomic E-state index is 5.93. The Hall–Kier alpha value is -0.400. The molecular formula is C16H14Cl4. The van der Waals surface area contributed by atoms with E-state index in [2.05, 4.69) is 19.1 Å². The van der Waals surface area contributed by atoms with E-state index in [1.165, 1.54) is 5.56 Å². The first kappa shape index (κ1) is 16.0. The minimum Gasteiger partial charge on any atom is -0.0843 e. The van der Waals surface area contributed by atoms with Crippen LogP contribution in [0, 0.1) is 13.8 Å². The first-order valence-corrected chi connectivity index (χ1v) is 7.70. The molecule has 2 aromatic rings. The maximum Gasteiger partial charge on any atom is 0.194 e. The summed E-state index contributed by atoms with van der Waals surface area (Å²) < 4.78 is -1.28. The van der Waals surface area contributed by atoms with Crippen molar-refractivity contribution in [2.45, 2.75) is 24.1 Å². The van der Waals surface area contributed by atoms with Crippen LogP contribution >= 0.6 is 46.4 Å². The maximum atomic E-state index is 5.93. The summed E-state index contributed by atoms with van der Waals surface area (Å²) in [6.45, 7) is 4.11. The third kappa shape index (κ3) is 4.05. The summed E-state index contributed by atoms with van der Waals surface area (Å²) in [5.41, 5.74) is 5.61. The third-order valence-corrected chi connectivity index (χ3v) is 3.88. The van der Waals surface area contributed by atoms with Crippen LogP contribution in [0.15, 0.2) is 36.4 Å². The molecule has 0 bridgehead atoms. The molecule has 0 spiro atoms. The van der Waals surface area contributed by atoms with Crippen molar-refractivity contribution in [3.8, 4) is 11.1 Å². The highest BCUT2D eigenvalue weighted by atomic mass is 35.6. The molecule has 0 atom stereocenters. The normalized spacial score (nSPS) is 11.7. The Morgan fingerprint density at radius 3 is 2.05 bits per heavy atom.